The highest BCUT2D eigenvalue weighted by Crippen LogP contribution is 2.50. The van der Waals surface area contributed by atoms with E-state index >= 15 is 0 Å². The van der Waals surface area contributed by atoms with Crippen molar-refractivity contribution in [3.8, 4) is 67.7 Å². The van der Waals surface area contributed by atoms with E-state index in [1.54, 1.807) is 0 Å². The first-order valence-electron chi connectivity index (χ1n) is 18.1. The second-order valence-corrected chi connectivity index (χ2v) is 14.3. The third-order valence-corrected chi connectivity index (χ3v) is 10.7. The summed E-state index contributed by atoms with van der Waals surface area (Å²) in [6, 6.07) is 59.7. The quantitative estimate of drug-likeness (QED) is 0.182. The van der Waals surface area contributed by atoms with E-state index in [0.717, 1.165) is 50.0 Å². The molecule has 4 heteroatoms. The number of aromatic nitrogens is 4. The van der Waals surface area contributed by atoms with Crippen molar-refractivity contribution < 1.29 is 0 Å². The molecule has 53 heavy (non-hydrogen) atoms. The monoisotopic (exact) mass is 678 g/mol. The van der Waals surface area contributed by atoms with E-state index in [-0.39, 0.29) is 5.41 Å². The Bertz CT molecular complexity index is 2800. The molecule has 0 N–H and O–H groups in total. The molecule has 10 rings (SSSR count). The summed E-state index contributed by atoms with van der Waals surface area (Å²) in [4.78, 5) is 20.4. The fourth-order valence-electron chi connectivity index (χ4n) is 7.92. The average Bonchev–Trinajstić information content (AvgIpc) is 3.45. The molecular formula is C49H34N4. The largest absolute Gasteiger partial charge is 0.248 e. The Morgan fingerprint density at radius 3 is 1.70 bits per heavy atom. The molecule has 2 heterocycles. The van der Waals surface area contributed by atoms with E-state index in [1.165, 1.54) is 33.0 Å². The van der Waals surface area contributed by atoms with Gasteiger partial charge in [0.15, 0.2) is 17.5 Å². The van der Waals surface area contributed by atoms with Gasteiger partial charge >= 0.3 is 0 Å². The SMILES string of the molecule is CC1(C)c2ccccc2-c2cc3c(-c4cccc(-c5nc(-c6ccccc6)nc(-c6ccccc6)n5)c4)cc(-c4ccc5ccccc5c4)nc3cc21. The van der Waals surface area contributed by atoms with Crippen LogP contribution in [0.4, 0.5) is 0 Å². The Morgan fingerprint density at radius 1 is 0.358 bits per heavy atom. The number of hydrogen-bond donors (Lipinski definition) is 0. The van der Waals surface area contributed by atoms with Crippen LogP contribution < -0.4 is 0 Å². The van der Waals surface area contributed by atoms with Gasteiger partial charge < -0.3 is 0 Å². The molecule has 0 bridgehead atoms. The molecule has 2 aromatic heterocycles. The Morgan fingerprint density at radius 2 is 0.962 bits per heavy atom. The van der Waals surface area contributed by atoms with Gasteiger partial charge in [-0.1, -0.05) is 153 Å². The summed E-state index contributed by atoms with van der Waals surface area (Å²) in [7, 11) is 0. The number of pyridine rings is 1. The van der Waals surface area contributed by atoms with Gasteiger partial charge in [-0.05, 0) is 74.5 Å². The molecule has 250 valence electrons. The summed E-state index contributed by atoms with van der Waals surface area (Å²) in [5.41, 5.74) is 13.1. The maximum atomic E-state index is 5.38. The normalized spacial score (nSPS) is 12.9. The highest BCUT2D eigenvalue weighted by Gasteiger charge is 2.35. The lowest BCUT2D eigenvalue weighted by molar-refractivity contribution is 0.661. The zero-order valence-electron chi connectivity index (χ0n) is 29.5. The Kier molecular flexibility index (Phi) is 7.12. The highest BCUT2D eigenvalue weighted by molar-refractivity contribution is 6.02. The summed E-state index contributed by atoms with van der Waals surface area (Å²) in [5.74, 6) is 1.92. The van der Waals surface area contributed by atoms with Crippen LogP contribution in [0.1, 0.15) is 25.0 Å². The lowest BCUT2D eigenvalue weighted by Crippen LogP contribution is -2.14. The number of hydrogen-bond acceptors (Lipinski definition) is 4. The first kappa shape index (κ1) is 31.0. The lowest BCUT2D eigenvalue weighted by Gasteiger charge is -2.22. The van der Waals surface area contributed by atoms with Crippen LogP contribution in [0, 0.1) is 0 Å². The van der Waals surface area contributed by atoms with Crippen molar-refractivity contribution in [3.63, 3.8) is 0 Å². The van der Waals surface area contributed by atoms with Gasteiger partial charge in [-0.2, -0.15) is 0 Å². The minimum atomic E-state index is -0.133. The summed E-state index contributed by atoms with van der Waals surface area (Å²) in [6.07, 6.45) is 0. The number of benzene rings is 7. The molecule has 1 aliphatic rings. The van der Waals surface area contributed by atoms with Gasteiger partial charge in [0.2, 0.25) is 0 Å². The third kappa shape index (κ3) is 5.30. The first-order valence-corrected chi connectivity index (χ1v) is 18.1. The van der Waals surface area contributed by atoms with Gasteiger partial charge in [0.1, 0.15) is 0 Å². The van der Waals surface area contributed by atoms with Crippen molar-refractivity contribution in [3.05, 3.63) is 181 Å². The van der Waals surface area contributed by atoms with Gasteiger partial charge in [-0.3, -0.25) is 0 Å². The zero-order chi connectivity index (χ0) is 35.5. The van der Waals surface area contributed by atoms with Gasteiger partial charge in [0.05, 0.1) is 11.2 Å². The average molecular weight is 679 g/mol. The predicted molar refractivity (Wildman–Crippen MR) is 217 cm³/mol. The molecule has 0 unspecified atom stereocenters. The molecule has 0 radical (unpaired) electrons. The molecule has 0 aliphatic heterocycles. The maximum absolute atomic E-state index is 5.38. The molecule has 0 atom stereocenters. The van der Waals surface area contributed by atoms with Gasteiger partial charge in [-0.25, -0.2) is 19.9 Å². The van der Waals surface area contributed by atoms with Crippen molar-refractivity contribution in [1.82, 2.24) is 19.9 Å². The molecule has 0 amide bonds. The summed E-state index contributed by atoms with van der Waals surface area (Å²) < 4.78 is 0. The molecule has 4 nitrogen and oxygen atoms in total. The van der Waals surface area contributed by atoms with Gasteiger partial charge in [0, 0.05) is 33.1 Å². The lowest BCUT2D eigenvalue weighted by atomic mass is 9.82. The summed E-state index contributed by atoms with van der Waals surface area (Å²) in [5, 5.41) is 3.52. The van der Waals surface area contributed by atoms with Crippen molar-refractivity contribution in [2.75, 3.05) is 0 Å². The van der Waals surface area contributed by atoms with Crippen LogP contribution in [0.5, 0.6) is 0 Å². The van der Waals surface area contributed by atoms with E-state index in [2.05, 4.69) is 123 Å². The van der Waals surface area contributed by atoms with E-state index < -0.39 is 0 Å². The van der Waals surface area contributed by atoms with Crippen LogP contribution >= 0.6 is 0 Å². The fourth-order valence-corrected chi connectivity index (χ4v) is 7.92. The Balaban J connectivity index is 1.19. The van der Waals surface area contributed by atoms with Crippen molar-refractivity contribution in [2.45, 2.75) is 19.3 Å². The number of fused-ring (bicyclic) bond motifs is 5. The number of nitrogens with zero attached hydrogens (tertiary/aromatic N) is 4. The zero-order valence-corrected chi connectivity index (χ0v) is 29.5. The predicted octanol–water partition coefficient (Wildman–Crippen LogP) is 12.2. The molecule has 0 spiro atoms. The molecule has 7 aromatic carbocycles. The maximum Gasteiger partial charge on any atom is 0.164 e. The molecule has 0 saturated heterocycles. The topological polar surface area (TPSA) is 51.6 Å². The van der Waals surface area contributed by atoms with Crippen molar-refractivity contribution in [1.29, 1.82) is 0 Å². The standard InChI is InChI=1S/C49H34N4/c1-49(2)42-23-12-11-22-38(42)40-28-41-39(29-44(50-45(41)30-43(40)49)36-25-24-31-14-9-10-19-34(31)26-36)35-20-13-21-37(27-35)48-52-46(32-15-5-3-6-16-32)51-47(53-48)33-17-7-4-8-18-33/h3-30H,1-2H3. The van der Waals surface area contributed by atoms with E-state index in [9.17, 15) is 0 Å². The van der Waals surface area contributed by atoms with Gasteiger partial charge in [0.25, 0.3) is 0 Å². The van der Waals surface area contributed by atoms with Crippen LogP contribution in [0.2, 0.25) is 0 Å². The smallest absolute Gasteiger partial charge is 0.164 e. The van der Waals surface area contributed by atoms with Gasteiger partial charge in [-0.15, -0.1) is 0 Å². The fraction of sp³-hybridized carbons (Fsp3) is 0.0612. The minimum Gasteiger partial charge on any atom is -0.248 e. The molecule has 0 fully saturated rings. The summed E-state index contributed by atoms with van der Waals surface area (Å²) >= 11 is 0. The second kappa shape index (κ2) is 12.2. The third-order valence-electron chi connectivity index (χ3n) is 10.7. The van der Waals surface area contributed by atoms with Crippen LogP contribution in [0.3, 0.4) is 0 Å². The molecule has 1 aliphatic carbocycles. The van der Waals surface area contributed by atoms with Crippen LogP contribution in [0.15, 0.2) is 170 Å². The molecule has 0 saturated carbocycles. The Hall–Kier alpha value is -6.78. The van der Waals surface area contributed by atoms with Crippen LogP contribution in [0.25, 0.3) is 89.4 Å². The summed E-state index contributed by atoms with van der Waals surface area (Å²) in [6.45, 7) is 4.65. The van der Waals surface area contributed by atoms with Crippen LogP contribution in [-0.2, 0) is 5.41 Å². The highest BCUT2D eigenvalue weighted by atomic mass is 15.0. The van der Waals surface area contributed by atoms with E-state index in [1.807, 2.05) is 60.7 Å². The minimum absolute atomic E-state index is 0.133. The Labute approximate surface area is 308 Å². The second-order valence-electron chi connectivity index (χ2n) is 14.3. The van der Waals surface area contributed by atoms with E-state index in [4.69, 9.17) is 19.9 Å². The molecule has 9 aromatic rings. The van der Waals surface area contributed by atoms with Crippen molar-refractivity contribution >= 4 is 21.7 Å². The molecular weight excluding hydrogens is 645 g/mol. The van der Waals surface area contributed by atoms with Crippen LogP contribution in [-0.4, -0.2) is 19.9 Å². The number of rotatable bonds is 5. The van der Waals surface area contributed by atoms with E-state index in [0.29, 0.717) is 17.5 Å². The van der Waals surface area contributed by atoms with Crippen molar-refractivity contribution in [2.24, 2.45) is 0 Å². The first-order chi connectivity index (χ1) is 26.0.